The molecule has 528 valence electrons. The summed E-state index contributed by atoms with van der Waals surface area (Å²) in [5.74, 6) is -10.2. The monoisotopic (exact) mass is 1300 g/mol. The lowest BCUT2D eigenvalue weighted by molar-refractivity contribution is -0.734. The minimum Gasteiger partial charge on any atom is -0.390 e. The summed E-state index contributed by atoms with van der Waals surface area (Å²) in [4.78, 5) is 176. The van der Waals surface area contributed by atoms with Crippen molar-refractivity contribution in [3.8, 4) is 0 Å². The van der Waals surface area contributed by atoms with Gasteiger partial charge in [0.1, 0.15) is 29.0 Å². The van der Waals surface area contributed by atoms with Crippen molar-refractivity contribution in [1.29, 1.82) is 0 Å². The van der Waals surface area contributed by atoms with E-state index in [1.807, 2.05) is 76.2 Å². The summed E-state index contributed by atoms with van der Waals surface area (Å²) in [6.07, 6.45) is -1.27. The maximum absolute atomic E-state index is 15.5. The lowest BCUT2D eigenvalue weighted by Crippen LogP contribution is -2.62. The number of amides is 7. The van der Waals surface area contributed by atoms with Gasteiger partial charge in [0, 0.05) is 99.3 Å². The first-order valence-electron chi connectivity index (χ1n) is 34.3. The van der Waals surface area contributed by atoms with Crippen molar-refractivity contribution in [3.63, 3.8) is 0 Å². The van der Waals surface area contributed by atoms with Crippen LogP contribution in [0.2, 0.25) is 0 Å². The fourth-order valence-electron chi connectivity index (χ4n) is 13.1. The van der Waals surface area contributed by atoms with Crippen LogP contribution in [0, 0.1) is 64.1 Å². The van der Waals surface area contributed by atoms with Crippen LogP contribution in [-0.4, -0.2) is 257 Å². The van der Waals surface area contributed by atoms with Gasteiger partial charge < -0.3 is 44.3 Å². The van der Waals surface area contributed by atoms with E-state index >= 15 is 19.2 Å². The van der Waals surface area contributed by atoms with E-state index in [4.69, 9.17) is 0 Å². The molecule has 0 aliphatic carbocycles. The van der Waals surface area contributed by atoms with E-state index in [2.05, 4.69) is 22.2 Å². The number of aliphatic hydroxyl groups excluding tert-OH is 1. The number of hydrogen-bond acceptors (Lipinski definition) is 14. The van der Waals surface area contributed by atoms with Gasteiger partial charge >= 0.3 is 6.17 Å². The van der Waals surface area contributed by atoms with Crippen LogP contribution in [0.4, 0.5) is 0 Å². The highest BCUT2D eigenvalue weighted by atomic mass is 16.3. The van der Waals surface area contributed by atoms with Gasteiger partial charge in [-0.1, -0.05) is 104 Å². The van der Waals surface area contributed by atoms with Crippen molar-refractivity contribution < 1.29 is 57.9 Å². The molecule has 23 nitrogen and oxygen atoms in total. The summed E-state index contributed by atoms with van der Waals surface area (Å²) in [6.45, 7) is 34.6. The van der Waals surface area contributed by atoms with Gasteiger partial charge in [-0.2, -0.15) is 0 Å². The second-order valence-corrected chi connectivity index (χ2v) is 29.8. The summed E-state index contributed by atoms with van der Waals surface area (Å²) >= 11 is 0. The molecule has 0 aromatic carbocycles. The molecule has 0 radical (unpaired) electrons. The molecule has 0 spiro atoms. The van der Waals surface area contributed by atoms with Crippen molar-refractivity contribution >= 4 is 58.7 Å². The molecule has 92 heavy (non-hydrogen) atoms. The molecule has 2 N–H and O–H groups in total. The molecule has 2 aliphatic heterocycles. The highest BCUT2D eigenvalue weighted by Crippen LogP contribution is 2.30. The molecule has 2 heterocycles. The first kappa shape index (κ1) is 82.7. The minimum absolute atomic E-state index is 0.0720. The normalized spacial score (nSPS) is 28.3. The van der Waals surface area contributed by atoms with Crippen molar-refractivity contribution in [2.45, 2.75) is 236 Å². The number of aliphatic hydroxyl groups is 1. The standard InChI is InChI=1S/C69H125N11O12/c1-26-51-39-59(83)61(62(84)47(14)28-31-79-30-27-29-71(18)32-33-79)77(24)69(91)60(46(12)13)76(23)67(89)55(36-43(6)7)75(22)68(90)56(37-44(8)9)78(25)80(92)50(17)70-63(85)48(15)38-57(81)53(34-41(2)3)74(21)66(88)52(45(10)11)40-58(82)54(35-42(4)5)73(20)64(86)49(16)72(19)65(51)87/h41-56,60-62,84H,26-40H2,1-25H3/p+1/t47-,48+,49-,50-,51+,52-,53-,54+,55-,56-,60-,61+,62-/m1/s1. The number of carbonyl (C=O) groups excluding carboxylic acids is 10. The fraction of sp³-hybridized carbons (Fsp3) is 0.855. The van der Waals surface area contributed by atoms with Gasteiger partial charge in [-0.3, -0.25) is 53.3 Å². The van der Waals surface area contributed by atoms with Gasteiger partial charge in [-0.25, -0.2) is 0 Å². The summed E-state index contributed by atoms with van der Waals surface area (Å²) in [5, 5.41) is 16.5. The van der Waals surface area contributed by atoms with Gasteiger partial charge in [0.2, 0.25) is 35.4 Å². The first-order valence-corrected chi connectivity index (χ1v) is 34.3. The van der Waals surface area contributed by atoms with Crippen molar-refractivity contribution in [2.24, 2.45) is 59.2 Å². The summed E-state index contributed by atoms with van der Waals surface area (Å²) in [6, 6.07) is -8.16. The van der Waals surface area contributed by atoms with E-state index in [0.29, 0.717) is 17.8 Å². The number of hydrazine groups is 1. The highest BCUT2D eigenvalue weighted by molar-refractivity contribution is 5.99. The Morgan fingerprint density at radius 1 is 0.489 bits per heavy atom. The Morgan fingerprint density at radius 2 is 0.957 bits per heavy atom. The summed E-state index contributed by atoms with van der Waals surface area (Å²) < 4.78 is 0. The van der Waals surface area contributed by atoms with Gasteiger partial charge in [-0.15, -0.1) is 5.01 Å². The van der Waals surface area contributed by atoms with Gasteiger partial charge in [0.25, 0.3) is 5.91 Å². The van der Waals surface area contributed by atoms with Crippen LogP contribution in [-0.2, 0) is 47.9 Å². The minimum atomic E-state index is -1.49. The van der Waals surface area contributed by atoms with E-state index in [1.54, 1.807) is 34.6 Å². The molecule has 0 aromatic rings. The Labute approximate surface area is 553 Å². The number of rotatable bonds is 16. The smallest absolute Gasteiger partial charge is 0.305 e. The van der Waals surface area contributed by atoms with E-state index in [9.17, 15) is 38.8 Å². The molecule has 2 rings (SSSR count). The fourth-order valence-corrected chi connectivity index (χ4v) is 13.1. The quantitative estimate of drug-likeness (QED) is 0.165. The maximum atomic E-state index is 15.5. The predicted molar refractivity (Wildman–Crippen MR) is 359 cm³/mol. The Hall–Kier alpha value is -5.42. The van der Waals surface area contributed by atoms with E-state index in [0.717, 1.165) is 32.6 Å². The number of nitrogens with zero attached hydrogens (tertiary/aromatic N) is 10. The zero-order chi connectivity index (χ0) is 70.8. The van der Waals surface area contributed by atoms with Crippen molar-refractivity contribution in [2.75, 3.05) is 89.1 Å². The third kappa shape index (κ3) is 22.9. The van der Waals surface area contributed by atoms with Gasteiger partial charge in [0.15, 0.2) is 23.4 Å². The summed E-state index contributed by atoms with van der Waals surface area (Å²) in [5.41, 5.74) is 0. The number of hydrogen-bond donors (Lipinski definition) is 2. The van der Waals surface area contributed by atoms with Crippen LogP contribution in [0.15, 0.2) is 0 Å². The largest absolute Gasteiger partial charge is 0.390 e. The summed E-state index contributed by atoms with van der Waals surface area (Å²) in [7, 11) is 12.4. The van der Waals surface area contributed by atoms with Crippen molar-refractivity contribution in [3.05, 3.63) is 4.91 Å². The number of nitroso groups, excluding NO2 is 1. The number of carbonyl (C=O) groups is 10. The molecule has 7 amide bonds. The molecular formula is C69H126N11O12+. The molecule has 0 unspecified atom stereocenters. The zero-order valence-corrected chi connectivity index (χ0v) is 61.5. The number of ketones is 3. The number of nitrogens with one attached hydrogen (secondary N) is 1. The molecule has 2 aliphatic rings. The van der Waals surface area contributed by atoms with Crippen LogP contribution in [0.1, 0.15) is 182 Å². The average molecular weight is 1300 g/mol. The highest BCUT2D eigenvalue weighted by Gasteiger charge is 2.47. The van der Waals surface area contributed by atoms with Gasteiger partial charge in [-0.05, 0) is 120 Å². The molecule has 2 fully saturated rings. The predicted octanol–water partition coefficient (Wildman–Crippen LogP) is 6.12. The number of Topliss-reactive ketones (excluding diaryl/α,β-unsaturated/α-hetero) is 3. The average Bonchev–Trinajstić information content (AvgIpc) is 0.859. The molecular weight excluding hydrogens is 1170 g/mol. The maximum Gasteiger partial charge on any atom is 0.305 e. The molecule has 0 bridgehead atoms. The molecule has 23 heteroatoms. The Morgan fingerprint density at radius 3 is 1.46 bits per heavy atom. The van der Waals surface area contributed by atoms with Crippen molar-refractivity contribution in [1.82, 2.24) is 49.5 Å². The van der Waals surface area contributed by atoms with Crippen LogP contribution in [0.5, 0.6) is 0 Å². The zero-order valence-electron chi connectivity index (χ0n) is 61.5. The Balaban J connectivity index is 3.01. The third-order valence-corrected chi connectivity index (χ3v) is 19.4. The lowest BCUT2D eigenvalue weighted by atomic mass is 9.84. The second kappa shape index (κ2) is 37.6. The van der Waals surface area contributed by atoms with E-state index in [1.165, 1.54) is 90.7 Å². The van der Waals surface area contributed by atoms with Crippen LogP contribution in [0.3, 0.4) is 0 Å². The van der Waals surface area contributed by atoms with Crippen LogP contribution in [0.25, 0.3) is 0 Å². The molecule has 2 saturated heterocycles. The lowest BCUT2D eigenvalue weighted by Gasteiger charge is -2.41. The SMILES string of the molecule is CC[C@H]1CC(=O)[C@@H]([C@H](O)[C@H](C)CCN2CCCN(C)CC2)N(C)C(=O)[C@@H](C(C)C)N(C)C(=O)[C@@H](CC(C)C)N(C)C(=O)[C@@H](CC(C)C)N(C)[N+](=O)[C@H](C)NC(=O)[C@@H](C)CC(=O)[C@@H](CC(C)C)N(C)C(=O)[C@@H](C(C)C)CC(=O)[C@H](CC(C)C)N(C)C(=O)[C@@H](C)N(C)C1=O. The number of likely N-dealkylation sites (N-methyl/N-ethyl adjacent to an activating group) is 8. The molecule has 0 aromatic heterocycles. The van der Waals surface area contributed by atoms with Gasteiger partial charge in [0.05, 0.1) is 30.1 Å². The first-order chi connectivity index (χ1) is 42.5. The Kier molecular flexibility index (Phi) is 33.8. The third-order valence-electron chi connectivity index (χ3n) is 19.4. The molecule has 0 saturated carbocycles. The Bertz CT molecular complexity index is 2490. The molecule has 13 atom stereocenters. The van der Waals surface area contributed by atoms with Crippen LogP contribution >= 0.6 is 0 Å². The second-order valence-electron chi connectivity index (χ2n) is 29.8. The topological polar surface area (TPSA) is 252 Å². The van der Waals surface area contributed by atoms with E-state index in [-0.39, 0.29) is 74.4 Å². The van der Waals surface area contributed by atoms with Crippen LogP contribution < -0.4 is 5.32 Å². The van der Waals surface area contributed by atoms with E-state index < -0.39 is 149 Å².